The molecule has 4 heteroatoms. The second kappa shape index (κ2) is 7.75. The molecule has 0 heterocycles. The lowest BCUT2D eigenvalue weighted by Gasteiger charge is -2.13. The van der Waals surface area contributed by atoms with Crippen molar-refractivity contribution in [2.24, 2.45) is 4.99 Å². The lowest BCUT2D eigenvalue weighted by atomic mass is 10.2. The van der Waals surface area contributed by atoms with Gasteiger partial charge in [0.25, 0.3) is 0 Å². The van der Waals surface area contributed by atoms with Crippen molar-refractivity contribution in [3.63, 3.8) is 0 Å². The van der Waals surface area contributed by atoms with Crippen molar-refractivity contribution in [3.05, 3.63) is 42.5 Å². The second-order valence-electron chi connectivity index (χ2n) is 4.50. The van der Waals surface area contributed by atoms with E-state index in [1.165, 1.54) is 0 Å². The van der Waals surface area contributed by atoms with Crippen LogP contribution in [0.4, 0.5) is 22.7 Å². The fourth-order valence-electron chi connectivity index (χ4n) is 1.93. The molecule has 0 aliphatic heterocycles. The molecular formula is C18H19N3O. The Morgan fingerprint density at radius 3 is 2.82 bits per heavy atom. The van der Waals surface area contributed by atoms with Gasteiger partial charge in [0.05, 0.1) is 17.1 Å². The van der Waals surface area contributed by atoms with Crippen LogP contribution in [0.1, 0.15) is 13.8 Å². The number of benzene rings is 2. The normalized spacial score (nSPS) is 10.1. The van der Waals surface area contributed by atoms with Crippen molar-refractivity contribution < 1.29 is 4.74 Å². The van der Waals surface area contributed by atoms with Crippen molar-refractivity contribution in [3.8, 4) is 17.6 Å². The van der Waals surface area contributed by atoms with Gasteiger partial charge >= 0.3 is 0 Å². The Labute approximate surface area is 131 Å². The van der Waals surface area contributed by atoms with Gasteiger partial charge in [0.2, 0.25) is 0 Å². The van der Waals surface area contributed by atoms with Crippen LogP contribution in [-0.4, -0.2) is 12.8 Å². The summed E-state index contributed by atoms with van der Waals surface area (Å²) in [7, 11) is 0. The summed E-state index contributed by atoms with van der Waals surface area (Å²) in [5.41, 5.74) is 9.00. The zero-order chi connectivity index (χ0) is 15.8. The molecule has 0 aromatic heterocycles. The molecule has 0 radical (unpaired) electrons. The molecule has 0 saturated heterocycles. The van der Waals surface area contributed by atoms with E-state index in [0.717, 1.165) is 22.8 Å². The quantitative estimate of drug-likeness (QED) is 0.495. The number of nitrogen functional groups attached to an aromatic ring is 1. The zero-order valence-electron chi connectivity index (χ0n) is 12.8. The van der Waals surface area contributed by atoms with Gasteiger partial charge in [-0.2, -0.15) is 0 Å². The molecule has 4 nitrogen and oxygen atoms in total. The van der Waals surface area contributed by atoms with Crippen molar-refractivity contribution in [2.45, 2.75) is 13.8 Å². The summed E-state index contributed by atoms with van der Waals surface area (Å²) in [4.78, 5) is 4.34. The lowest BCUT2D eigenvalue weighted by molar-refractivity contribution is 0.372. The van der Waals surface area contributed by atoms with E-state index in [4.69, 9.17) is 10.5 Å². The summed E-state index contributed by atoms with van der Waals surface area (Å²) >= 11 is 0. The van der Waals surface area contributed by atoms with E-state index in [1.807, 2.05) is 49.4 Å². The van der Waals surface area contributed by atoms with Gasteiger partial charge in [-0.1, -0.05) is 18.1 Å². The summed E-state index contributed by atoms with van der Waals surface area (Å²) < 4.78 is 5.67. The Morgan fingerprint density at radius 1 is 1.23 bits per heavy atom. The van der Waals surface area contributed by atoms with Crippen molar-refractivity contribution in [1.82, 2.24) is 0 Å². The average molecular weight is 293 g/mol. The molecule has 0 aliphatic carbocycles. The van der Waals surface area contributed by atoms with Gasteiger partial charge in [0, 0.05) is 11.9 Å². The molecule has 0 amide bonds. The van der Waals surface area contributed by atoms with E-state index in [9.17, 15) is 0 Å². The average Bonchev–Trinajstić information content (AvgIpc) is 2.52. The molecule has 0 spiro atoms. The number of nitrogens with two attached hydrogens (primary N) is 1. The van der Waals surface area contributed by atoms with E-state index in [0.29, 0.717) is 12.3 Å². The lowest BCUT2D eigenvalue weighted by Crippen LogP contribution is -1.99. The fraction of sp³-hybridized carbons (Fsp3) is 0.167. The predicted octanol–water partition coefficient (Wildman–Crippen LogP) is 4.14. The SMILES string of the molecule is CC#CCOc1ccccc1Nc1ccc(N)cc1N=CC. The van der Waals surface area contributed by atoms with Crippen LogP contribution in [0.2, 0.25) is 0 Å². The van der Waals surface area contributed by atoms with Crippen LogP contribution in [0.5, 0.6) is 5.75 Å². The van der Waals surface area contributed by atoms with Crippen LogP contribution in [-0.2, 0) is 0 Å². The number of aliphatic imine (C=N–C) groups is 1. The third-order valence-electron chi connectivity index (χ3n) is 2.92. The van der Waals surface area contributed by atoms with Gasteiger partial charge in [-0.05, 0) is 44.2 Å². The number of hydrogen-bond donors (Lipinski definition) is 2. The maximum atomic E-state index is 5.82. The second-order valence-corrected chi connectivity index (χ2v) is 4.50. The third kappa shape index (κ3) is 4.03. The van der Waals surface area contributed by atoms with Crippen molar-refractivity contribution in [1.29, 1.82) is 0 Å². The molecule has 3 N–H and O–H groups in total. The van der Waals surface area contributed by atoms with Crippen molar-refractivity contribution >= 4 is 29.0 Å². The summed E-state index contributed by atoms with van der Waals surface area (Å²) in [5.74, 6) is 6.44. The molecule has 0 bridgehead atoms. The number of nitrogens with one attached hydrogen (secondary N) is 1. The van der Waals surface area contributed by atoms with E-state index >= 15 is 0 Å². The zero-order valence-corrected chi connectivity index (χ0v) is 12.8. The van der Waals surface area contributed by atoms with Crippen LogP contribution in [0, 0.1) is 11.8 Å². The number of hydrogen-bond acceptors (Lipinski definition) is 4. The molecule has 2 aromatic rings. The van der Waals surface area contributed by atoms with Crippen LogP contribution in [0.25, 0.3) is 0 Å². The number of para-hydroxylation sites is 2. The van der Waals surface area contributed by atoms with Gasteiger partial charge in [0.15, 0.2) is 0 Å². The highest BCUT2D eigenvalue weighted by Crippen LogP contribution is 2.33. The number of anilines is 3. The topological polar surface area (TPSA) is 59.6 Å². The number of rotatable bonds is 5. The first-order valence-electron chi connectivity index (χ1n) is 7.01. The van der Waals surface area contributed by atoms with Gasteiger partial charge in [-0.25, -0.2) is 0 Å². The molecule has 112 valence electrons. The van der Waals surface area contributed by atoms with E-state index in [1.54, 1.807) is 13.1 Å². The number of nitrogens with zero attached hydrogens (tertiary/aromatic N) is 1. The maximum Gasteiger partial charge on any atom is 0.149 e. The van der Waals surface area contributed by atoms with E-state index in [-0.39, 0.29) is 0 Å². The molecule has 0 fully saturated rings. The van der Waals surface area contributed by atoms with Gasteiger partial charge in [0.1, 0.15) is 12.4 Å². The molecular weight excluding hydrogens is 274 g/mol. The molecule has 0 saturated carbocycles. The van der Waals surface area contributed by atoms with Crippen LogP contribution in [0.3, 0.4) is 0 Å². The van der Waals surface area contributed by atoms with Crippen molar-refractivity contribution in [2.75, 3.05) is 17.7 Å². The Bertz CT molecular complexity index is 727. The van der Waals surface area contributed by atoms with Gasteiger partial charge in [-0.3, -0.25) is 4.99 Å². The molecule has 0 aliphatic rings. The maximum absolute atomic E-state index is 5.82. The Hall–Kier alpha value is -2.93. The summed E-state index contributed by atoms with van der Waals surface area (Å²) in [5, 5.41) is 3.34. The Morgan fingerprint density at radius 2 is 2.05 bits per heavy atom. The predicted molar refractivity (Wildman–Crippen MR) is 93.4 cm³/mol. The van der Waals surface area contributed by atoms with Gasteiger partial charge < -0.3 is 15.8 Å². The molecule has 2 rings (SSSR count). The highest BCUT2D eigenvalue weighted by Gasteiger charge is 2.06. The summed E-state index contributed by atoms with van der Waals surface area (Å²) in [6.07, 6.45) is 1.74. The van der Waals surface area contributed by atoms with Crippen LogP contribution in [0.15, 0.2) is 47.5 Å². The highest BCUT2D eigenvalue weighted by atomic mass is 16.5. The molecule has 0 unspecified atom stereocenters. The number of ether oxygens (including phenoxy) is 1. The first-order chi connectivity index (χ1) is 10.7. The first kappa shape index (κ1) is 15.5. The molecule has 22 heavy (non-hydrogen) atoms. The minimum Gasteiger partial charge on any atom is -0.479 e. The minimum atomic E-state index is 0.358. The fourth-order valence-corrected chi connectivity index (χ4v) is 1.93. The third-order valence-corrected chi connectivity index (χ3v) is 2.92. The minimum absolute atomic E-state index is 0.358. The smallest absolute Gasteiger partial charge is 0.149 e. The van der Waals surface area contributed by atoms with Gasteiger partial charge in [-0.15, -0.1) is 5.92 Å². The van der Waals surface area contributed by atoms with Crippen LogP contribution >= 0.6 is 0 Å². The standard InChI is InChI=1S/C18H19N3O/c1-3-5-12-22-18-9-7-6-8-16(18)21-15-11-10-14(19)13-17(15)20-4-2/h4,6-11,13,21H,12,19H2,1-2H3. The van der Waals surface area contributed by atoms with Crippen LogP contribution < -0.4 is 15.8 Å². The van der Waals surface area contributed by atoms with E-state index < -0.39 is 0 Å². The largest absolute Gasteiger partial charge is 0.479 e. The summed E-state index contributed by atoms with van der Waals surface area (Å²) in [6.45, 7) is 4.02. The highest BCUT2D eigenvalue weighted by molar-refractivity contribution is 5.79. The van der Waals surface area contributed by atoms with E-state index in [2.05, 4.69) is 22.2 Å². The Balaban J connectivity index is 2.28. The first-order valence-corrected chi connectivity index (χ1v) is 7.01. The molecule has 2 aromatic carbocycles. The monoisotopic (exact) mass is 293 g/mol. The Kier molecular flexibility index (Phi) is 5.44. The molecule has 0 atom stereocenters. The summed E-state index contributed by atoms with van der Waals surface area (Å²) in [6, 6.07) is 13.3.